The molecule has 0 saturated carbocycles. The molecule has 0 aromatic heterocycles. The fourth-order valence-electron chi connectivity index (χ4n) is 1.66. The van der Waals surface area contributed by atoms with E-state index in [1.54, 1.807) is 0 Å². The molecule has 16 heavy (non-hydrogen) atoms. The topological polar surface area (TPSA) is 3.24 Å². The molecule has 0 spiro atoms. The van der Waals surface area contributed by atoms with E-state index < -0.39 is 0 Å². The van der Waals surface area contributed by atoms with Crippen LogP contribution >= 0.6 is 0 Å². The van der Waals surface area contributed by atoms with Crippen LogP contribution < -0.4 is 0 Å². The highest BCUT2D eigenvalue weighted by molar-refractivity contribution is 5.29. The van der Waals surface area contributed by atoms with E-state index in [1.807, 2.05) is 0 Å². The van der Waals surface area contributed by atoms with Crippen LogP contribution in [-0.4, -0.2) is 18.5 Å². The predicted molar refractivity (Wildman–Crippen MR) is 72.3 cm³/mol. The summed E-state index contributed by atoms with van der Waals surface area (Å²) >= 11 is 0. The lowest BCUT2D eigenvalue weighted by Gasteiger charge is -2.20. The Kier molecular flexibility index (Phi) is 5.10. The van der Waals surface area contributed by atoms with E-state index in [1.165, 1.54) is 23.3 Å². The maximum Gasteiger partial charge on any atom is 0.0422 e. The first-order chi connectivity index (χ1) is 7.63. The van der Waals surface area contributed by atoms with E-state index in [0.717, 1.165) is 13.0 Å². The second-order valence-electron chi connectivity index (χ2n) is 4.48. The van der Waals surface area contributed by atoms with Gasteiger partial charge in [-0.1, -0.05) is 36.0 Å². The quantitative estimate of drug-likeness (QED) is 0.689. The van der Waals surface area contributed by atoms with Crippen LogP contribution in [0.4, 0.5) is 0 Å². The van der Waals surface area contributed by atoms with E-state index in [2.05, 4.69) is 63.1 Å². The van der Waals surface area contributed by atoms with Gasteiger partial charge in [0.1, 0.15) is 0 Å². The number of hydrogen-bond acceptors (Lipinski definition) is 1. The van der Waals surface area contributed by atoms with E-state index in [0.29, 0.717) is 0 Å². The maximum atomic E-state index is 2.28. The predicted octanol–water partition coefficient (Wildman–Crippen LogP) is 4.06. The van der Waals surface area contributed by atoms with E-state index in [9.17, 15) is 0 Å². The van der Waals surface area contributed by atoms with Crippen LogP contribution in [-0.2, 0) is 0 Å². The smallest absolute Gasteiger partial charge is 0.0422 e. The lowest BCUT2D eigenvalue weighted by Crippen LogP contribution is -2.18. The molecular weight excluding hydrogens is 194 g/mol. The minimum absolute atomic E-state index is 0.983. The minimum Gasteiger partial charge on any atom is -0.374 e. The molecule has 0 fully saturated rings. The monoisotopic (exact) mass is 217 g/mol. The molecule has 0 aromatic rings. The molecule has 1 aliphatic carbocycles. The van der Waals surface area contributed by atoms with Crippen molar-refractivity contribution in [3.63, 3.8) is 0 Å². The van der Waals surface area contributed by atoms with Crippen LogP contribution in [0, 0.1) is 0 Å². The van der Waals surface area contributed by atoms with Crippen molar-refractivity contribution < 1.29 is 0 Å². The Morgan fingerprint density at radius 1 is 1.44 bits per heavy atom. The van der Waals surface area contributed by atoms with Gasteiger partial charge in [-0.2, -0.15) is 0 Å². The third kappa shape index (κ3) is 4.09. The molecule has 0 atom stereocenters. The zero-order chi connectivity index (χ0) is 12.0. The number of allylic oxidation sites excluding steroid dienone is 6. The highest BCUT2D eigenvalue weighted by atomic mass is 15.1. The van der Waals surface area contributed by atoms with Gasteiger partial charge in [-0.05, 0) is 39.2 Å². The summed E-state index contributed by atoms with van der Waals surface area (Å²) in [4.78, 5) is 2.28. The van der Waals surface area contributed by atoms with Crippen molar-refractivity contribution in [2.45, 2.75) is 33.6 Å². The molecule has 0 aromatic carbocycles. The molecule has 88 valence electrons. The largest absolute Gasteiger partial charge is 0.374 e. The normalized spacial score (nSPS) is 17.4. The van der Waals surface area contributed by atoms with Gasteiger partial charge >= 0.3 is 0 Å². The third-order valence-corrected chi connectivity index (χ3v) is 3.06. The lowest BCUT2D eigenvalue weighted by molar-refractivity contribution is 0.457. The van der Waals surface area contributed by atoms with Gasteiger partial charge in [-0.3, -0.25) is 0 Å². The zero-order valence-electron chi connectivity index (χ0n) is 11.0. The van der Waals surface area contributed by atoms with Gasteiger partial charge in [0, 0.05) is 19.3 Å². The number of likely N-dealkylation sites (N-methyl/N-ethyl adjacent to an activating group) is 1. The average molecular weight is 217 g/mol. The second kappa shape index (κ2) is 6.37. The van der Waals surface area contributed by atoms with Crippen molar-refractivity contribution in [1.82, 2.24) is 4.90 Å². The molecule has 0 amide bonds. The van der Waals surface area contributed by atoms with Crippen LogP contribution in [0.3, 0.4) is 0 Å². The maximum absolute atomic E-state index is 2.28. The van der Waals surface area contributed by atoms with E-state index in [4.69, 9.17) is 0 Å². The average Bonchev–Trinajstić information content (AvgIpc) is 2.26. The first-order valence-corrected chi connectivity index (χ1v) is 6.00. The van der Waals surface area contributed by atoms with Crippen molar-refractivity contribution >= 4 is 0 Å². The van der Waals surface area contributed by atoms with Gasteiger partial charge in [0.25, 0.3) is 0 Å². The van der Waals surface area contributed by atoms with Gasteiger partial charge in [-0.25, -0.2) is 0 Å². The molecule has 1 rings (SSSR count). The zero-order valence-corrected chi connectivity index (χ0v) is 11.0. The third-order valence-electron chi connectivity index (χ3n) is 3.06. The SMILES string of the molecule is CC=C(C)N(C)CC1=CC=C(C)CCC=C1. The molecule has 0 heterocycles. The molecule has 0 unspecified atom stereocenters. The van der Waals surface area contributed by atoms with Crippen molar-refractivity contribution in [3.05, 3.63) is 47.2 Å². The number of hydrogen-bond donors (Lipinski definition) is 0. The standard InChI is InChI=1S/C15H23N/c1-5-14(3)16(4)12-15-9-7-6-8-13(2)10-11-15/h5,7,9-11H,6,8,12H2,1-4H3. The fourth-order valence-corrected chi connectivity index (χ4v) is 1.66. The fraction of sp³-hybridized carbons (Fsp3) is 0.467. The highest BCUT2D eigenvalue weighted by Gasteiger charge is 2.01. The Bertz CT molecular complexity index is 342. The highest BCUT2D eigenvalue weighted by Crippen LogP contribution is 2.13. The summed E-state index contributed by atoms with van der Waals surface area (Å²) in [6.07, 6.45) is 13.5. The number of rotatable bonds is 3. The Morgan fingerprint density at radius 2 is 2.19 bits per heavy atom. The first-order valence-electron chi connectivity index (χ1n) is 6.00. The van der Waals surface area contributed by atoms with Gasteiger partial charge in [-0.15, -0.1) is 0 Å². The molecule has 0 radical (unpaired) electrons. The Morgan fingerprint density at radius 3 is 2.88 bits per heavy atom. The minimum atomic E-state index is 0.983. The first kappa shape index (κ1) is 12.8. The molecule has 1 aliphatic rings. The molecular formula is C15H23N. The molecule has 1 heteroatoms. The van der Waals surface area contributed by atoms with Gasteiger partial charge < -0.3 is 4.90 Å². The molecule has 0 saturated heterocycles. The molecule has 0 bridgehead atoms. The van der Waals surface area contributed by atoms with Crippen LogP contribution in [0.15, 0.2) is 47.2 Å². The second-order valence-corrected chi connectivity index (χ2v) is 4.48. The van der Waals surface area contributed by atoms with Crippen LogP contribution in [0.5, 0.6) is 0 Å². The van der Waals surface area contributed by atoms with Crippen LogP contribution in [0.1, 0.15) is 33.6 Å². The number of nitrogens with zero attached hydrogens (tertiary/aromatic N) is 1. The van der Waals surface area contributed by atoms with Crippen molar-refractivity contribution in [3.8, 4) is 0 Å². The summed E-state index contributed by atoms with van der Waals surface area (Å²) < 4.78 is 0. The summed E-state index contributed by atoms with van der Waals surface area (Å²) in [5, 5.41) is 0. The summed E-state index contributed by atoms with van der Waals surface area (Å²) in [6.45, 7) is 7.41. The summed E-state index contributed by atoms with van der Waals surface area (Å²) in [6, 6.07) is 0. The van der Waals surface area contributed by atoms with E-state index in [-0.39, 0.29) is 0 Å². The molecule has 0 N–H and O–H groups in total. The lowest BCUT2D eigenvalue weighted by atomic mass is 10.1. The van der Waals surface area contributed by atoms with Crippen LogP contribution in [0.2, 0.25) is 0 Å². The Balaban J connectivity index is 2.71. The Hall–Kier alpha value is -1.24. The van der Waals surface area contributed by atoms with Gasteiger partial charge in [0.15, 0.2) is 0 Å². The summed E-state index contributed by atoms with van der Waals surface area (Å²) in [5.41, 5.74) is 4.16. The summed E-state index contributed by atoms with van der Waals surface area (Å²) in [5.74, 6) is 0. The van der Waals surface area contributed by atoms with Gasteiger partial charge in [0.05, 0.1) is 0 Å². The van der Waals surface area contributed by atoms with Crippen molar-refractivity contribution in [2.24, 2.45) is 0 Å². The van der Waals surface area contributed by atoms with Gasteiger partial charge in [0.2, 0.25) is 0 Å². The summed E-state index contributed by atoms with van der Waals surface area (Å²) in [7, 11) is 2.14. The molecule has 0 aliphatic heterocycles. The molecule has 1 nitrogen and oxygen atoms in total. The van der Waals surface area contributed by atoms with Crippen molar-refractivity contribution in [2.75, 3.05) is 13.6 Å². The van der Waals surface area contributed by atoms with Crippen LogP contribution in [0.25, 0.3) is 0 Å². The van der Waals surface area contributed by atoms with E-state index >= 15 is 0 Å². The Labute approximate surface area is 99.8 Å². The van der Waals surface area contributed by atoms with Crippen molar-refractivity contribution in [1.29, 1.82) is 0 Å².